The van der Waals surface area contributed by atoms with Crippen LogP contribution < -0.4 is 4.90 Å². The number of hydrogen-bond donors (Lipinski definition) is 0. The van der Waals surface area contributed by atoms with Gasteiger partial charge in [0.15, 0.2) is 0 Å². The van der Waals surface area contributed by atoms with Crippen molar-refractivity contribution < 1.29 is 13.2 Å². The summed E-state index contributed by atoms with van der Waals surface area (Å²) in [5.41, 5.74) is 0. The Morgan fingerprint density at radius 1 is 1.39 bits per heavy atom. The van der Waals surface area contributed by atoms with E-state index in [9.17, 15) is 13.2 Å². The second-order valence-corrected chi connectivity index (χ2v) is 5.82. The second kappa shape index (κ2) is 5.21. The van der Waals surface area contributed by atoms with Crippen molar-refractivity contribution >= 4 is 28.3 Å². The number of rotatable bonds is 2. The molecule has 2 rings (SSSR count). The molecule has 2 heterocycles. The Labute approximate surface area is 112 Å². The minimum absolute atomic E-state index is 0.104. The van der Waals surface area contributed by atoms with Crippen LogP contribution in [0.5, 0.6) is 0 Å². The van der Waals surface area contributed by atoms with E-state index in [1.807, 2.05) is 11.8 Å². The van der Waals surface area contributed by atoms with Gasteiger partial charge in [-0.1, -0.05) is 0 Å². The van der Waals surface area contributed by atoms with E-state index in [0.717, 1.165) is 24.4 Å². The molecule has 0 spiro atoms. The summed E-state index contributed by atoms with van der Waals surface area (Å²) in [5, 5.41) is 0.454. The van der Waals surface area contributed by atoms with Gasteiger partial charge >= 0.3 is 6.18 Å². The van der Waals surface area contributed by atoms with E-state index in [-0.39, 0.29) is 5.38 Å². The molecule has 3 nitrogen and oxygen atoms in total. The first kappa shape index (κ1) is 13.9. The summed E-state index contributed by atoms with van der Waals surface area (Å²) in [6.45, 7) is 3.33. The summed E-state index contributed by atoms with van der Waals surface area (Å²) >= 11 is 6.83. The number of hydrogen-bond acceptors (Lipinski definition) is 4. The van der Waals surface area contributed by atoms with Crippen LogP contribution in [0.15, 0.2) is 0 Å². The van der Waals surface area contributed by atoms with Gasteiger partial charge in [0, 0.05) is 30.0 Å². The van der Waals surface area contributed by atoms with E-state index in [1.165, 1.54) is 0 Å². The predicted octanol–water partition coefficient (Wildman–Crippen LogP) is 3.40. The Balaban J connectivity index is 2.00. The van der Waals surface area contributed by atoms with Crippen molar-refractivity contribution in [3.63, 3.8) is 0 Å². The molecule has 1 saturated heterocycles. The van der Waals surface area contributed by atoms with Crippen molar-refractivity contribution in [2.24, 2.45) is 5.92 Å². The number of anilines is 1. The monoisotopic (exact) mass is 299 g/mol. The standard InChI is InChI=1S/C10H13ClF3N3S/c1-6(11)7-2-4-17(5-3-7)9-15-8(16-18-9)10(12,13)14/h6-7H,2-5H2,1H3. The van der Waals surface area contributed by atoms with E-state index in [1.54, 1.807) is 0 Å². The average Bonchev–Trinajstić information content (AvgIpc) is 2.78. The largest absolute Gasteiger partial charge is 0.452 e. The summed E-state index contributed by atoms with van der Waals surface area (Å²) in [5.74, 6) is -0.617. The van der Waals surface area contributed by atoms with Crippen LogP contribution in [0.1, 0.15) is 25.6 Å². The number of aromatic nitrogens is 2. The normalized spacial score (nSPS) is 20.2. The second-order valence-electron chi connectivity index (χ2n) is 4.40. The van der Waals surface area contributed by atoms with E-state index in [2.05, 4.69) is 9.36 Å². The molecular formula is C10H13ClF3N3S. The third-order valence-electron chi connectivity index (χ3n) is 3.13. The molecule has 0 N–H and O–H groups in total. The van der Waals surface area contributed by atoms with Crippen LogP contribution in [0.4, 0.5) is 18.3 Å². The van der Waals surface area contributed by atoms with E-state index < -0.39 is 12.0 Å². The lowest BCUT2D eigenvalue weighted by molar-refractivity contribution is -0.144. The van der Waals surface area contributed by atoms with Gasteiger partial charge in [-0.05, 0) is 25.7 Å². The highest BCUT2D eigenvalue weighted by Gasteiger charge is 2.37. The molecule has 0 amide bonds. The molecule has 1 aliphatic rings. The molecule has 0 aromatic carbocycles. The highest BCUT2D eigenvalue weighted by Crippen LogP contribution is 2.32. The lowest BCUT2D eigenvalue weighted by Crippen LogP contribution is -2.35. The number of nitrogens with zero attached hydrogens (tertiary/aromatic N) is 3. The molecule has 0 bridgehead atoms. The van der Waals surface area contributed by atoms with Crippen LogP contribution in [0.2, 0.25) is 0 Å². The van der Waals surface area contributed by atoms with Crippen LogP contribution in [0, 0.1) is 5.92 Å². The van der Waals surface area contributed by atoms with Crippen LogP contribution >= 0.6 is 23.1 Å². The van der Waals surface area contributed by atoms with E-state index >= 15 is 0 Å². The van der Waals surface area contributed by atoms with Crippen LogP contribution in [-0.4, -0.2) is 27.8 Å². The minimum Gasteiger partial charge on any atom is -0.347 e. The van der Waals surface area contributed by atoms with Crippen LogP contribution in [0.25, 0.3) is 0 Å². The van der Waals surface area contributed by atoms with E-state index in [0.29, 0.717) is 24.1 Å². The number of alkyl halides is 4. The number of piperidine rings is 1. The molecule has 1 atom stereocenters. The van der Waals surface area contributed by atoms with Crippen molar-refractivity contribution in [2.75, 3.05) is 18.0 Å². The van der Waals surface area contributed by atoms with Gasteiger partial charge < -0.3 is 4.90 Å². The van der Waals surface area contributed by atoms with Crippen molar-refractivity contribution in [3.05, 3.63) is 5.82 Å². The summed E-state index contributed by atoms with van der Waals surface area (Å²) in [7, 11) is 0. The fourth-order valence-corrected chi connectivity index (χ4v) is 3.00. The summed E-state index contributed by atoms with van der Waals surface area (Å²) in [4.78, 5) is 5.40. The fourth-order valence-electron chi connectivity index (χ4n) is 2.01. The van der Waals surface area contributed by atoms with Gasteiger partial charge in [-0.2, -0.15) is 22.5 Å². The molecule has 102 valence electrons. The van der Waals surface area contributed by atoms with Gasteiger partial charge in [0.1, 0.15) is 0 Å². The van der Waals surface area contributed by atoms with Crippen molar-refractivity contribution in [2.45, 2.75) is 31.3 Å². The molecular weight excluding hydrogens is 287 g/mol. The molecule has 0 aliphatic carbocycles. The highest BCUT2D eigenvalue weighted by atomic mass is 35.5. The van der Waals surface area contributed by atoms with Crippen molar-refractivity contribution in [1.82, 2.24) is 9.36 Å². The third kappa shape index (κ3) is 3.06. The van der Waals surface area contributed by atoms with Gasteiger partial charge in [0.25, 0.3) is 0 Å². The number of halogens is 4. The molecule has 1 aliphatic heterocycles. The van der Waals surface area contributed by atoms with Gasteiger partial charge in [-0.25, -0.2) is 0 Å². The topological polar surface area (TPSA) is 29.0 Å². The molecule has 1 aromatic heterocycles. The maximum atomic E-state index is 12.4. The Kier molecular flexibility index (Phi) is 4.01. The lowest BCUT2D eigenvalue weighted by atomic mass is 9.94. The molecule has 0 radical (unpaired) electrons. The Hall–Kier alpha value is -0.560. The SMILES string of the molecule is CC(Cl)C1CCN(c2nc(C(F)(F)F)ns2)CC1. The zero-order chi connectivity index (χ0) is 13.3. The Morgan fingerprint density at radius 2 is 2.00 bits per heavy atom. The molecule has 1 aromatic rings. The van der Waals surface area contributed by atoms with Gasteiger partial charge in [-0.15, -0.1) is 11.6 Å². The summed E-state index contributed by atoms with van der Waals surface area (Å²) in [6, 6.07) is 0. The molecule has 1 unspecified atom stereocenters. The average molecular weight is 300 g/mol. The van der Waals surface area contributed by atoms with Gasteiger partial charge in [-0.3, -0.25) is 0 Å². The predicted molar refractivity (Wildman–Crippen MR) is 65.2 cm³/mol. The highest BCUT2D eigenvalue weighted by molar-refractivity contribution is 7.09. The first-order valence-electron chi connectivity index (χ1n) is 5.68. The van der Waals surface area contributed by atoms with E-state index in [4.69, 9.17) is 11.6 Å². The molecule has 1 fully saturated rings. The molecule has 8 heteroatoms. The van der Waals surface area contributed by atoms with Gasteiger partial charge in [0.2, 0.25) is 11.0 Å². The van der Waals surface area contributed by atoms with Crippen LogP contribution in [0.3, 0.4) is 0 Å². The van der Waals surface area contributed by atoms with Crippen LogP contribution in [-0.2, 0) is 6.18 Å². The van der Waals surface area contributed by atoms with Gasteiger partial charge in [0.05, 0.1) is 0 Å². The maximum Gasteiger partial charge on any atom is 0.452 e. The smallest absolute Gasteiger partial charge is 0.347 e. The fraction of sp³-hybridized carbons (Fsp3) is 0.800. The third-order valence-corrected chi connectivity index (χ3v) is 4.26. The zero-order valence-corrected chi connectivity index (χ0v) is 11.3. The molecule has 0 saturated carbocycles. The lowest BCUT2D eigenvalue weighted by Gasteiger charge is -2.32. The maximum absolute atomic E-state index is 12.4. The first-order chi connectivity index (χ1) is 8.38. The Bertz CT molecular complexity index is 399. The molecule has 18 heavy (non-hydrogen) atoms. The van der Waals surface area contributed by atoms with Crippen molar-refractivity contribution in [1.29, 1.82) is 0 Å². The van der Waals surface area contributed by atoms with Crippen molar-refractivity contribution in [3.8, 4) is 0 Å². The minimum atomic E-state index is -4.46. The summed E-state index contributed by atoms with van der Waals surface area (Å²) < 4.78 is 40.5. The zero-order valence-electron chi connectivity index (χ0n) is 9.74. The Morgan fingerprint density at radius 3 is 2.44 bits per heavy atom. The quantitative estimate of drug-likeness (QED) is 0.784. The summed E-state index contributed by atoms with van der Waals surface area (Å²) in [6.07, 6.45) is -2.70. The first-order valence-corrected chi connectivity index (χ1v) is 6.89.